The van der Waals surface area contributed by atoms with Gasteiger partial charge in [-0.3, -0.25) is 0 Å². The molecule has 0 aliphatic carbocycles. The molecule has 2 atom stereocenters. The van der Waals surface area contributed by atoms with Crippen molar-refractivity contribution in [3.8, 4) is 0 Å². The molecule has 0 bridgehead atoms. The van der Waals surface area contributed by atoms with Crippen LogP contribution in [0.4, 0.5) is 5.69 Å². The summed E-state index contributed by atoms with van der Waals surface area (Å²) in [6.45, 7) is 2.33. The zero-order valence-electron chi connectivity index (χ0n) is 15.8. The Kier molecular flexibility index (Phi) is 4.45. The number of hydrogen-bond acceptors (Lipinski definition) is 2. The van der Waals surface area contributed by atoms with Crippen LogP contribution in [0.15, 0.2) is 77.7 Å². The number of thioether (sulfide) groups is 1. The summed E-state index contributed by atoms with van der Waals surface area (Å²) in [6, 6.07) is 27.1. The number of anilines is 1. The second-order valence-corrected chi connectivity index (χ2v) is 8.53. The molecule has 0 aromatic heterocycles. The molecule has 0 amide bonds. The average molecular weight is 372 g/mol. The van der Waals surface area contributed by atoms with Crippen molar-refractivity contribution < 1.29 is 0 Å². The highest BCUT2D eigenvalue weighted by molar-refractivity contribution is 7.98. The Bertz CT molecular complexity index is 863. The van der Waals surface area contributed by atoms with Gasteiger partial charge >= 0.3 is 0 Å². The lowest BCUT2D eigenvalue weighted by atomic mass is 9.77. The molecular formula is C25H25NS. The predicted molar refractivity (Wildman–Crippen MR) is 116 cm³/mol. The first-order chi connectivity index (χ1) is 13.3. The molecule has 3 aromatic rings. The third kappa shape index (κ3) is 2.96. The van der Waals surface area contributed by atoms with E-state index in [1.807, 2.05) is 11.8 Å². The predicted octanol–water partition coefficient (Wildman–Crippen LogP) is 6.29. The molecule has 5 rings (SSSR count). The Morgan fingerprint density at radius 3 is 1.67 bits per heavy atom. The molecule has 27 heavy (non-hydrogen) atoms. The SMILES string of the molecule is CSc1cc2c3c(c1)C(c1ccccc1)CCN3CCC2c1ccccc1. The van der Waals surface area contributed by atoms with Crippen LogP contribution in [0.1, 0.15) is 46.9 Å². The average Bonchev–Trinajstić information content (AvgIpc) is 2.75. The van der Waals surface area contributed by atoms with Crippen LogP contribution in [-0.4, -0.2) is 19.3 Å². The van der Waals surface area contributed by atoms with Gasteiger partial charge in [-0.25, -0.2) is 0 Å². The summed E-state index contributed by atoms with van der Waals surface area (Å²) in [5.74, 6) is 1.02. The van der Waals surface area contributed by atoms with Gasteiger partial charge in [0.1, 0.15) is 0 Å². The van der Waals surface area contributed by atoms with Crippen molar-refractivity contribution in [2.45, 2.75) is 29.6 Å². The molecule has 0 fully saturated rings. The van der Waals surface area contributed by atoms with E-state index in [4.69, 9.17) is 0 Å². The molecule has 0 N–H and O–H groups in total. The van der Waals surface area contributed by atoms with E-state index >= 15 is 0 Å². The Hall–Kier alpha value is -2.19. The van der Waals surface area contributed by atoms with Gasteiger partial charge in [0.2, 0.25) is 0 Å². The van der Waals surface area contributed by atoms with Crippen molar-refractivity contribution >= 4 is 17.4 Å². The van der Waals surface area contributed by atoms with Crippen LogP contribution >= 0.6 is 11.8 Å². The highest BCUT2D eigenvalue weighted by atomic mass is 32.2. The maximum Gasteiger partial charge on any atom is 0.0444 e. The number of hydrogen-bond donors (Lipinski definition) is 0. The maximum atomic E-state index is 2.65. The van der Waals surface area contributed by atoms with Crippen LogP contribution in [0.3, 0.4) is 0 Å². The van der Waals surface area contributed by atoms with Gasteiger partial charge < -0.3 is 4.90 Å². The van der Waals surface area contributed by atoms with Crippen LogP contribution in [0.2, 0.25) is 0 Å². The van der Waals surface area contributed by atoms with Crippen molar-refractivity contribution in [1.29, 1.82) is 0 Å². The summed E-state index contributed by atoms with van der Waals surface area (Å²) in [5.41, 5.74) is 7.51. The van der Waals surface area contributed by atoms with E-state index in [1.165, 1.54) is 58.8 Å². The van der Waals surface area contributed by atoms with Crippen molar-refractivity contribution in [3.05, 3.63) is 95.1 Å². The van der Waals surface area contributed by atoms with Crippen molar-refractivity contribution in [2.24, 2.45) is 0 Å². The van der Waals surface area contributed by atoms with E-state index in [1.54, 1.807) is 0 Å². The fourth-order valence-electron chi connectivity index (χ4n) is 4.95. The largest absolute Gasteiger partial charge is 0.371 e. The van der Waals surface area contributed by atoms with Gasteiger partial charge in [0.05, 0.1) is 0 Å². The Labute approximate surface area is 166 Å². The highest BCUT2D eigenvalue weighted by Gasteiger charge is 2.34. The minimum absolute atomic E-state index is 0.512. The number of benzene rings is 3. The molecule has 2 aliphatic rings. The van der Waals surface area contributed by atoms with Gasteiger partial charge in [-0.2, -0.15) is 0 Å². The number of nitrogens with zero attached hydrogens (tertiary/aromatic N) is 1. The summed E-state index contributed by atoms with van der Waals surface area (Å²) in [4.78, 5) is 4.04. The van der Waals surface area contributed by atoms with Crippen LogP contribution < -0.4 is 4.90 Å². The van der Waals surface area contributed by atoms with Gasteiger partial charge in [-0.15, -0.1) is 11.8 Å². The zero-order chi connectivity index (χ0) is 18.2. The molecule has 0 spiro atoms. The van der Waals surface area contributed by atoms with Crippen LogP contribution in [-0.2, 0) is 0 Å². The minimum atomic E-state index is 0.512. The second kappa shape index (κ2) is 7.09. The van der Waals surface area contributed by atoms with E-state index in [0.29, 0.717) is 11.8 Å². The normalized spacial score (nSPS) is 21.0. The van der Waals surface area contributed by atoms with E-state index in [0.717, 1.165) is 0 Å². The van der Waals surface area contributed by atoms with Crippen LogP contribution in [0.5, 0.6) is 0 Å². The molecule has 0 radical (unpaired) electrons. The maximum absolute atomic E-state index is 2.65. The van der Waals surface area contributed by atoms with Gasteiger partial charge in [0, 0.05) is 35.5 Å². The summed E-state index contributed by atoms with van der Waals surface area (Å²) >= 11 is 1.87. The van der Waals surface area contributed by atoms with Gasteiger partial charge in [-0.1, -0.05) is 60.7 Å². The Balaban J connectivity index is 1.69. The third-order valence-corrected chi connectivity index (χ3v) is 6.93. The van der Waals surface area contributed by atoms with E-state index in [2.05, 4.69) is 84.0 Å². The smallest absolute Gasteiger partial charge is 0.0444 e. The Morgan fingerprint density at radius 2 is 1.22 bits per heavy atom. The fourth-order valence-corrected chi connectivity index (χ4v) is 5.43. The van der Waals surface area contributed by atoms with Crippen molar-refractivity contribution in [3.63, 3.8) is 0 Å². The third-order valence-electron chi connectivity index (χ3n) is 6.22. The monoisotopic (exact) mass is 371 g/mol. The van der Waals surface area contributed by atoms with E-state index in [-0.39, 0.29) is 0 Å². The van der Waals surface area contributed by atoms with E-state index in [9.17, 15) is 0 Å². The quantitative estimate of drug-likeness (QED) is 0.498. The number of rotatable bonds is 3. The molecule has 2 aliphatic heterocycles. The highest BCUT2D eigenvalue weighted by Crippen LogP contribution is 2.49. The summed E-state index contributed by atoms with van der Waals surface area (Å²) in [7, 11) is 0. The molecule has 2 heterocycles. The van der Waals surface area contributed by atoms with Gasteiger partial charge in [0.25, 0.3) is 0 Å². The van der Waals surface area contributed by atoms with E-state index < -0.39 is 0 Å². The lowest BCUT2D eigenvalue weighted by Gasteiger charge is -2.43. The molecule has 0 saturated carbocycles. The minimum Gasteiger partial charge on any atom is -0.371 e. The second-order valence-electron chi connectivity index (χ2n) is 7.65. The van der Waals surface area contributed by atoms with Gasteiger partial charge in [0.15, 0.2) is 0 Å². The summed E-state index contributed by atoms with van der Waals surface area (Å²) in [6.07, 6.45) is 4.63. The summed E-state index contributed by atoms with van der Waals surface area (Å²) in [5, 5.41) is 0. The topological polar surface area (TPSA) is 3.24 Å². The first-order valence-corrected chi connectivity index (χ1v) is 11.1. The lowest BCUT2D eigenvalue weighted by Crippen LogP contribution is -2.37. The molecule has 3 aromatic carbocycles. The molecule has 1 nitrogen and oxygen atoms in total. The molecular weight excluding hydrogens is 346 g/mol. The van der Waals surface area contributed by atoms with Crippen LogP contribution in [0, 0.1) is 0 Å². The molecule has 136 valence electrons. The molecule has 2 unspecified atom stereocenters. The standard InChI is InChI=1S/C25H25NS/c1-27-20-16-23-21(18-8-4-2-5-9-18)12-14-26-15-13-22(24(17-20)25(23)26)19-10-6-3-7-11-19/h2-11,16-17,21-22H,12-15H2,1H3. The molecule has 2 heteroatoms. The molecule has 0 saturated heterocycles. The first kappa shape index (κ1) is 16.9. The first-order valence-electron chi connectivity index (χ1n) is 9.92. The van der Waals surface area contributed by atoms with Crippen LogP contribution in [0.25, 0.3) is 0 Å². The van der Waals surface area contributed by atoms with Gasteiger partial charge in [-0.05, 0) is 53.5 Å². The van der Waals surface area contributed by atoms with Crippen molar-refractivity contribution in [2.75, 3.05) is 24.2 Å². The zero-order valence-corrected chi connectivity index (χ0v) is 16.6. The fraction of sp³-hybridized carbons (Fsp3) is 0.280. The Morgan fingerprint density at radius 1 is 0.741 bits per heavy atom. The van der Waals surface area contributed by atoms with Crippen molar-refractivity contribution in [1.82, 2.24) is 0 Å². The lowest BCUT2D eigenvalue weighted by molar-refractivity contribution is 0.569. The summed E-state index contributed by atoms with van der Waals surface area (Å²) < 4.78 is 0.